The summed E-state index contributed by atoms with van der Waals surface area (Å²) in [5.41, 5.74) is 2.69. The third-order valence-corrected chi connectivity index (χ3v) is 3.65. The molecule has 1 aromatic carbocycles. The van der Waals surface area contributed by atoms with Crippen molar-refractivity contribution in [1.82, 2.24) is 0 Å². The van der Waals surface area contributed by atoms with Crippen molar-refractivity contribution >= 4 is 5.69 Å². The van der Waals surface area contributed by atoms with Gasteiger partial charge in [-0.05, 0) is 0 Å². The molecule has 2 aromatic rings. The minimum absolute atomic E-state index is 0. The number of anilines is 1. The minimum atomic E-state index is 0. The highest BCUT2D eigenvalue weighted by atomic mass is 35.5. The predicted octanol–water partition coefficient (Wildman–Crippen LogP) is -5.59. The van der Waals surface area contributed by atoms with Crippen molar-refractivity contribution in [2.24, 2.45) is 0 Å². The quantitative estimate of drug-likeness (QED) is 0.559. The van der Waals surface area contributed by atoms with Gasteiger partial charge >= 0.3 is 0 Å². The molecular weight excluding hydrogens is 305 g/mol. The Morgan fingerprint density at radius 1 is 0.905 bits per heavy atom. The van der Waals surface area contributed by atoms with Crippen molar-refractivity contribution < 1.29 is 34.7 Å². The van der Waals surface area contributed by atoms with Crippen LogP contribution in [0.15, 0.2) is 54.9 Å². The lowest BCUT2D eigenvalue weighted by atomic mass is 10.2. The Morgan fingerprint density at radius 3 is 2.14 bits per heavy atom. The molecule has 0 amide bonds. The molecule has 1 saturated heterocycles. The second-order valence-corrected chi connectivity index (χ2v) is 5.07. The summed E-state index contributed by atoms with van der Waals surface area (Å²) in [6.07, 6.45) is 4.36. The summed E-state index contributed by atoms with van der Waals surface area (Å²) >= 11 is 0. The van der Waals surface area contributed by atoms with Gasteiger partial charge in [-0.2, -0.15) is 0 Å². The molecule has 0 saturated carbocycles. The van der Waals surface area contributed by atoms with E-state index in [1.807, 2.05) is 0 Å². The molecular formula is C16H21Cl2N3. The van der Waals surface area contributed by atoms with Crippen LogP contribution < -0.4 is 39.6 Å². The van der Waals surface area contributed by atoms with E-state index in [1.165, 1.54) is 24.3 Å². The fourth-order valence-corrected chi connectivity index (χ4v) is 2.57. The van der Waals surface area contributed by atoms with Gasteiger partial charge in [0.05, 0.1) is 26.2 Å². The van der Waals surface area contributed by atoms with Crippen LogP contribution in [0.5, 0.6) is 0 Å². The van der Waals surface area contributed by atoms with Gasteiger partial charge in [0.15, 0.2) is 18.9 Å². The van der Waals surface area contributed by atoms with Crippen molar-refractivity contribution in [2.75, 3.05) is 31.1 Å². The smallest absolute Gasteiger partial charge is 0.173 e. The van der Waals surface area contributed by atoms with Gasteiger partial charge in [-0.1, -0.05) is 30.3 Å². The number of benzene rings is 1. The number of quaternary nitrogens is 1. The third kappa shape index (κ3) is 4.88. The van der Waals surface area contributed by atoms with E-state index < -0.39 is 0 Å². The van der Waals surface area contributed by atoms with Crippen molar-refractivity contribution in [3.63, 3.8) is 0 Å². The highest BCUT2D eigenvalue weighted by Gasteiger charge is 2.13. The molecule has 21 heavy (non-hydrogen) atoms. The maximum Gasteiger partial charge on any atom is 0.173 e. The number of rotatable bonds is 3. The molecule has 0 aliphatic carbocycles. The van der Waals surface area contributed by atoms with E-state index in [1.54, 1.807) is 0 Å². The summed E-state index contributed by atoms with van der Waals surface area (Å²) in [4.78, 5) is 2.47. The Balaban J connectivity index is 0.00000110. The number of hydrogen-bond acceptors (Lipinski definition) is 1. The SMILES string of the molecule is [Cl-].[Cl-].c1ccc(C[n+]2ccc(N3CC[NH2+]CC3)cc2)cc1. The largest absolute Gasteiger partial charge is 1.00 e. The Kier molecular flexibility index (Phi) is 7.51. The Labute approximate surface area is 138 Å². The van der Waals surface area contributed by atoms with Crippen molar-refractivity contribution in [1.29, 1.82) is 0 Å². The Bertz CT molecular complexity index is 511. The van der Waals surface area contributed by atoms with Crippen LogP contribution >= 0.6 is 0 Å². The Morgan fingerprint density at radius 2 is 1.52 bits per heavy atom. The lowest BCUT2D eigenvalue weighted by Gasteiger charge is -2.26. The van der Waals surface area contributed by atoms with E-state index >= 15 is 0 Å². The van der Waals surface area contributed by atoms with Crippen molar-refractivity contribution in [2.45, 2.75) is 6.54 Å². The number of nitrogens with zero attached hydrogens (tertiary/aromatic N) is 2. The molecule has 0 bridgehead atoms. The Hall–Kier alpha value is -1.29. The lowest BCUT2D eigenvalue weighted by molar-refractivity contribution is -0.688. The first-order valence-corrected chi connectivity index (χ1v) is 7.01. The van der Waals surface area contributed by atoms with Crippen LogP contribution in [0.4, 0.5) is 5.69 Å². The molecule has 1 aliphatic heterocycles. The summed E-state index contributed by atoms with van der Waals surface area (Å²) in [6, 6.07) is 15.0. The first-order valence-electron chi connectivity index (χ1n) is 7.01. The first kappa shape index (κ1) is 17.8. The minimum Gasteiger partial charge on any atom is -1.00 e. The third-order valence-electron chi connectivity index (χ3n) is 3.65. The molecule has 1 aliphatic rings. The summed E-state index contributed by atoms with van der Waals surface area (Å²) in [7, 11) is 0. The maximum atomic E-state index is 2.47. The highest BCUT2D eigenvalue weighted by Crippen LogP contribution is 2.11. The van der Waals surface area contributed by atoms with Gasteiger partial charge in [0.1, 0.15) is 0 Å². The summed E-state index contributed by atoms with van der Waals surface area (Å²) in [5, 5.41) is 2.38. The fourth-order valence-electron chi connectivity index (χ4n) is 2.57. The number of nitrogens with two attached hydrogens (primary N) is 1. The normalized spacial score (nSPS) is 14.0. The molecule has 1 aromatic heterocycles. The van der Waals surface area contributed by atoms with Crippen LogP contribution in [0.2, 0.25) is 0 Å². The molecule has 1 fully saturated rings. The van der Waals surface area contributed by atoms with Crippen LogP contribution in [0.1, 0.15) is 5.56 Å². The number of halogens is 2. The van der Waals surface area contributed by atoms with Crippen LogP contribution in [0.25, 0.3) is 0 Å². The number of aromatic nitrogens is 1. The average Bonchev–Trinajstić information content (AvgIpc) is 2.50. The molecule has 5 heteroatoms. The zero-order chi connectivity index (χ0) is 12.9. The number of hydrogen-bond donors (Lipinski definition) is 1. The van der Waals surface area contributed by atoms with E-state index in [9.17, 15) is 0 Å². The van der Waals surface area contributed by atoms with Gasteiger partial charge in [0.25, 0.3) is 0 Å². The van der Waals surface area contributed by atoms with Crippen LogP contribution in [0.3, 0.4) is 0 Å². The topological polar surface area (TPSA) is 23.7 Å². The molecule has 3 nitrogen and oxygen atoms in total. The van der Waals surface area contributed by atoms with E-state index in [2.05, 4.69) is 69.6 Å². The second kappa shape index (κ2) is 8.88. The maximum absolute atomic E-state index is 2.47. The van der Waals surface area contributed by atoms with E-state index in [-0.39, 0.29) is 24.8 Å². The average molecular weight is 326 g/mol. The van der Waals surface area contributed by atoms with E-state index in [0.29, 0.717) is 0 Å². The van der Waals surface area contributed by atoms with E-state index in [4.69, 9.17) is 0 Å². The first-order chi connectivity index (χ1) is 9.42. The number of piperazine rings is 1. The monoisotopic (exact) mass is 325 g/mol. The van der Waals surface area contributed by atoms with Crippen LogP contribution in [0, 0.1) is 0 Å². The number of pyridine rings is 1. The van der Waals surface area contributed by atoms with Crippen molar-refractivity contribution in [3.05, 3.63) is 60.4 Å². The zero-order valence-corrected chi connectivity index (χ0v) is 13.5. The summed E-state index contributed by atoms with van der Waals surface area (Å²) < 4.78 is 2.23. The van der Waals surface area contributed by atoms with Gasteiger partial charge in [-0.15, -0.1) is 0 Å². The second-order valence-electron chi connectivity index (χ2n) is 5.07. The van der Waals surface area contributed by atoms with Gasteiger partial charge in [-0.3, -0.25) is 0 Å². The predicted molar refractivity (Wildman–Crippen MR) is 76.1 cm³/mol. The molecule has 2 heterocycles. The standard InChI is InChI=1S/C16H20N3.2ClH/c1-2-4-15(5-3-1)14-18-10-6-16(7-11-18)19-12-8-17-9-13-19;;/h1-7,10-11,17H,8-9,12-14H2;2*1H/q+1;;/p-1. The summed E-state index contributed by atoms with van der Waals surface area (Å²) in [5.74, 6) is 0. The molecule has 0 radical (unpaired) electrons. The van der Waals surface area contributed by atoms with Crippen LogP contribution in [-0.4, -0.2) is 26.2 Å². The summed E-state index contributed by atoms with van der Waals surface area (Å²) in [6.45, 7) is 5.66. The highest BCUT2D eigenvalue weighted by molar-refractivity contribution is 5.43. The van der Waals surface area contributed by atoms with Gasteiger partial charge in [-0.25, -0.2) is 4.57 Å². The molecule has 114 valence electrons. The fraction of sp³-hybridized carbons (Fsp3) is 0.312. The van der Waals surface area contributed by atoms with Crippen LogP contribution in [-0.2, 0) is 6.54 Å². The van der Waals surface area contributed by atoms with Crippen molar-refractivity contribution in [3.8, 4) is 0 Å². The molecule has 0 spiro atoms. The molecule has 2 N–H and O–H groups in total. The molecule has 0 unspecified atom stereocenters. The molecule has 3 rings (SSSR count). The zero-order valence-electron chi connectivity index (χ0n) is 12.0. The van der Waals surface area contributed by atoms with Gasteiger partial charge in [0.2, 0.25) is 0 Å². The lowest BCUT2D eigenvalue weighted by Crippen LogP contribution is -3.00. The molecule has 0 atom stereocenters. The van der Waals surface area contributed by atoms with Gasteiger partial charge < -0.3 is 35.0 Å². The van der Waals surface area contributed by atoms with Gasteiger partial charge in [0, 0.05) is 23.4 Å². The van der Waals surface area contributed by atoms with E-state index in [0.717, 1.165) is 19.6 Å².